The Balaban J connectivity index is 1.64. The first-order chi connectivity index (χ1) is 8.63. The Morgan fingerprint density at radius 1 is 0.833 bits per heavy atom. The van der Waals surface area contributed by atoms with Crippen molar-refractivity contribution >= 4 is 0 Å². The number of aliphatic hydroxyl groups excluding tert-OH is 1. The maximum absolute atomic E-state index is 10.2. The zero-order valence-corrected chi connectivity index (χ0v) is 12.1. The molecular weight excluding hydrogens is 224 g/mol. The van der Waals surface area contributed by atoms with Crippen LogP contribution >= 0.6 is 0 Å². The number of aliphatic hydroxyl groups is 1. The smallest absolute Gasteiger partial charge is 0.0793 e. The summed E-state index contributed by atoms with van der Waals surface area (Å²) in [7, 11) is 0. The van der Waals surface area contributed by atoms with E-state index < -0.39 is 0 Å². The summed E-state index contributed by atoms with van der Waals surface area (Å²) in [6.45, 7) is 11.1. The SMILES string of the molecule is CC1CCN(CC(O)CN2CCC(C)CC2)CC1. The maximum Gasteiger partial charge on any atom is 0.0793 e. The molecule has 18 heavy (non-hydrogen) atoms. The fraction of sp³-hybridized carbons (Fsp3) is 1.00. The van der Waals surface area contributed by atoms with Gasteiger partial charge < -0.3 is 14.9 Å². The van der Waals surface area contributed by atoms with Gasteiger partial charge in [-0.2, -0.15) is 0 Å². The van der Waals surface area contributed by atoms with Gasteiger partial charge in [0.2, 0.25) is 0 Å². The lowest BCUT2D eigenvalue weighted by atomic mass is 9.98. The minimum absolute atomic E-state index is 0.160. The highest BCUT2D eigenvalue weighted by atomic mass is 16.3. The molecule has 0 aromatic heterocycles. The van der Waals surface area contributed by atoms with E-state index >= 15 is 0 Å². The van der Waals surface area contributed by atoms with Gasteiger partial charge in [0.25, 0.3) is 0 Å². The van der Waals surface area contributed by atoms with Crippen LogP contribution in [0.2, 0.25) is 0 Å². The number of hydrogen-bond acceptors (Lipinski definition) is 3. The van der Waals surface area contributed by atoms with E-state index in [1.807, 2.05) is 0 Å². The number of piperidine rings is 2. The lowest BCUT2D eigenvalue weighted by Gasteiger charge is -2.35. The molecule has 0 saturated carbocycles. The van der Waals surface area contributed by atoms with E-state index in [1.165, 1.54) is 51.9 Å². The van der Waals surface area contributed by atoms with Crippen LogP contribution in [0.4, 0.5) is 0 Å². The van der Waals surface area contributed by atoms with Crippen molar-refractivity contribution in [2.75, 3.05) is 39.3 Å². The Bertz CT molecular complexity index is 207. The van der Waals surface area contributed by atoms with Gasteiger partial charge >= 0.3 is 0 Å². The van der Waals surface area contributed by atoms with E-state index in [9.17, 15) is 5.11 Å². The standard InChI is InChI=1S/C15H30N2O/c1-13-3-7-16(8-4-13)11-15(18)12-17-9-5-14(2)6-10-17/h13-15,18H,3-12H2,1-2H3. The fourth-order valence-electron chi connectivity index (χ4n) is 3.14. The molecule has 0 bridgehead atoms. The van der Waals surface area contributed by atoms with Crippen molar-refractivity contribution in [3.05, 3.63) is 0 Å². The predicted molar refractivity (Wildman–Crippen MR) is 75.7 cm³/mol. The summed E-state index contributed by atoms with van der Waals surface area (Å²) >= 11 is 0. The van der Waals surface area contributed by atoms with Gasteiger partial charge in [0.1, 0.15) is 0 Å². The van der Waals surface area contributed by atoms with Crippen molar-refractivity contribution in [2.24, 2.45) is 11.8 Å². The molecule has 2 fully saturated rings. The molecule has 3 nitrogen and oxygen atoms in total. The van der Waals surface area contributed by atoms with Gasteiger partial charge in [0.15, 0.2) is 0 Å². The average molecular weight is 254 g/mol. The van der Waals surface area contributed by atoms with E-state index in [0.717, 1.165) is 24.9 Å². The normalized spacial score (nSPS) is 26.0. The lowest BCUT2D eigenvalue weighted by molar-refractivity contribution is 0.0514. The van der Waals surface area contributed by atoms with Gasteiger partial charge in [0.05, 0.1) is 6.10 Å². The van der Waals surface area contributed by atoms with Crippen molar-refractivity contribution in [3.63, 3.8) is 0 Å². The Labute approximate surface area is 112 Å². The molecule has 2 aliphatic heterocycles. The third kappa shape index (κ3) is 4.52. The summed E-state index contributed by atoms with van der Waals surface area (Å²) in [5.41, 5.74) is 0. The molecule has 0 unspecified atom stereocenters. The van der Waals surface area contributed by atoms with Gasteiger partial charge in [-0.1, -0.05) is 13.8 Å². The maximum atomic E-state index is 10.2. The fourth-order valence-corrected chi connectivity index (χ4v) is 3.14. The molecule has 3 heteroatoms. The van der Waals surface area contributed by atoms with Crippen molar-refractivity contribution in [3.8, 4) is 0 Å². The Morgan fingerprint density at radius 3 is 1.50 bits per heavy atom. The van der Waals surface area contributed by atoms with Gasteiger partial charge in [-0.25, -0.2) is 0 Å². The Kier molecular flexibility index (Phi) is 5.46. The summed E-state index contributed by atoms with van der Waals surface area (Å²) in [6.07, 6.45) is 5.04. The summed E-state index contributed by atoms with van der Waals surface area (Å²) in [4.78, 5) is 4.88. The second-order valence-electron chi connectivity index (χ2n) is 6.62. The third-order valence-corrected chi connectivity index (χ3v) is 4.69. The first-order valence-corrected chi connectivity index (χ1v) is 7.76. The summed E-state index contributed by atoms with van der Waals surface area (Å²) in [5.74, 6) is 1.75. The van der Waals surface area contributed by atoms with E-state index in [4.69, 9.17) is 0 Å². The number of hydrogen-bond donors (Lipinski definition) is 1. The van der Waals surface area contributed by atoms with Gasteiger partial charge in [-0.05, 0) is 63.7 Å². The number of nitrogens with zero attached hydrogens (tertiary/aromatic N) is 2. The van der Waals surface area contributed by atoms with Crippen LogP contribution in [0, 0.1) is 11.8 Å². The third-order valence-electron chi connectivity index (χ3n) is 4.69. The topological polar surface area (TPSA) is 26.7 Å². The highest BCUT2D eigenvalue weighted by Gasteiger charge is 2.21. The second kappa shape index (κ2) is 6.88. The van der Waals surface area contributed by atoms with Crippen LogP contribution in [-0.4, -0.2) is 60.3 Å². The van der Waals surface area contributed by atoms with Crippen LogP contribution in [0.3, 0.4) is 0 Å². The molecule has 0 atom stereocenters. The van der Waals surface area contributed by atoms with Crippen LogP contribution in [-0.2, 0) is 0 Å². The minimum atomic E-state index is -0.160. The number of likely N-dealkylation sites (tertiary alicyclic amines) is 2. The molecule has 0 aliphatic carbocycles. The summed E-state index contributed by atoms with van der Waals surface area (Å²) in [6, 6.07) is 0. The summed E-state index contributed by atoms with van der Waals surface area (Å²) in [5, 5.41) is 10.2. The number of rotatable bonds is 4. The molecule has 0 aromatic carbocycles. The Hall–Kier alpha value is -0.120. The molecule has 2 aliphatic rings. The molecule has 0 radical (unpaired) electrons. The molecule has 0 aromatic rings. The predicted octanol–water partition coefficient (Wildman–Crippen LogP) is 1.81. The van der Waals surface area contributed by atoms with Crippen LogP contribution in [0.5, 0.6) is 0 Å². The molecule has 106 valence electrons. The molecule has 0 spiro atoms. The highest BCUT2D eigenvalue weighted by Crippen LogP contribution is 2.18. The van der Waals surface area contributed by atoms with Crippen LogP contribution in [0.15, 0.2) is 0 Å². The van der Waals surface area contributed by atoms with Crippen molar-refractivity contribution in [1.82, 2.24) is 9.80 Å². The van der Waals surface area contributed by atoms with Crippen molar-refractivity contribution in [2.45, 2.75) is 45.6 Å². The van der Waals surface area contributed by atoms with E-state index in [2.05, 4.69) is 23.6 Å². The molecule has 2 saturated heterocycles. The van der Waals surface area contributed by atoms with Crippen molar-refractivity contribution in [1.29, 1.82) is 0 Å². The minimum Gasteiger partial charge on any atom is -0.390 e. The van der Waals surface area contributed by atoms with Crippen LogP contribution < -0.4 is 0 Å². The summed E-state index contributed by atoms with van der Waals surface area (Å²) < 4.78 is 0. The molecule has 2 rings (SSSR count). The molecular formula is C15H30N2O. The lowest BCUT2D eigenvalue weighted by Crippen LogP contribution is -2.44. The van der Waals surface area contributed by atoms with E-state index in [0.29, 0.717) is 0 Å². The largest absolute Gasteiger partial charge is 0.390 e. The van der Waals surface area contributed by atoms with Gasteiger partial charge in [-0.15, -0.1) is 0 Å². The molecule has 0 amide bonds. The quantitative estimate of drug-likeness (QED) is 0.829. The first kappa shape index (κ1) is 14.3. The number of β-amino-alcohol motifs (C(OH)–C–C–N with tert-alkyl or cyclic N) is 1. The van der Waals surface area contributed by atoms with Crippen LogP contribution in [0.1, 0.15) is 39.5 Å². The first-order valence-electron chi connectivity index (χ1n) is 7.76. The highest BCUT2D eigenvalue weighted by molar-refractivity contribution is 4.76. The monoisotopic (exact) mass is 254 g/mol. The van der Waals surface area contributed by atoms with Gasteiger partial charge in [0, 0.05) is 13.1 Å². The van der Waals surface area contributed by atoms with Crippen molar-refractivity contribution < 1.29 is 5.11 Å². The molecule has 2 heterocycles. The zero-order valence-electron chi connectivity index (χ0n) is 12.1. The van der Waals surface area contributed by atoms with Gasteiger partial charge in [-0.3, -0.25) is 0 Å². The van der Waals surface area contributed by atoms with Crippen LogP contribution in [0.25, 0.3) is 0 Å². The average Bonchev–Trinajstić information content (AvgIpc) is 2.35. The molecule has 1 N–H and O–H groups in total. The zero-order chi connectivity index (χ0) is 13.0. The Morgan fingerprint density at radius 2 is 1.17 bits per heavy atom. The van der Waals surface area contributed by atoms with E-state index in [-0.39, 0.29) is 6.10 Å². The second-order valence-corrected chi connectivity index (χ2v) is 6.62. The van der Waals surface area contributed by atoms with E-state index in [1.54, 1.807) is 0 Å².